The van der Waals surface area contributed by atoms with Crippen molar-refractivity contribution in [3.8, 4) is 0 Å². The first-order chi connectivity index (χ1) is 8.76. The quantitative estimate of drug-likeness (QED) is 0.913. The minimum atomic E-state index is -0.0999. The van der Waals surface area contributed by atoms with Crippen LogP contribution in [0.2, 0.25) is 5.02 Å². The summed E-state index contributed by atoms with van der Waals surface area (Å²) in [5.41, 5.74) is 0.577. The van der Waals surface area contributed by atoms with Gasteiger partial charge in [0, 0.05) is 12.6 Å². The van der Waals surface area contributed by atoms with E-state index in [1.54, 1.807) is 0 Å². The van der Waals surface area contributed by atoms with E-state index in [1.807, 2.05) is 12.1 Å². The minimum absolute atomic E-state index is 0.0999. The number of anilines is 1. The Morgan fingerprint density at radius 3 is 2.94 bits per heavy atom. The van der Waals surface area contributed by atoms with E-state index in [9.17, 15) is 5.11 Å². The fourth-order valence-corrected chi connectivity index (χ4v) is 2.81. The van der Waals surface area contributed by atoms with Gasteiger partial charge in [-0.1, -0.05) is 31.4 Å². The largest absolute Gasteiger partial charge is 0.390 e. The van der Waals surface area contributed by atoms with Crippen LogP contribution >= 0.6 is 11.6 Å². The van der Waals surface area contributed by atoms with Gasteiger partial charge in [-0.15, -0.1) is 0 Å². The van der Waals surface area contributed by atoms with E-state index in [1.165, 1.54) is 25.7 Å². The van der Waals surface area contributed by atoms with E-state index < -0.39 is 0 Å². The molecule has 1 atom stereocenters. The van der Waals surface area contributed by atoms with Crippen LogP contribution in [0.5, 0.6) is 0 Å². The Morgan fingerprint density at radius 1 is 1.39 bits per heavy atom. The Kier molecular flexibility index (Phi) is 4.84. The Morgan fingerprint density at radius 2 is 2.22 bits per heavy atom. The molecular weight excluding hydrogens is 248 g/mol. The molecule has 18 heavy (non-hydrogen) atoms. The fourth-order valence-electron chi connectivity index (χ4n) is 2.65. The Balaban J connectivity index is 2.26. The van der Waals surface area contributed by atoms with Crippen molar-refractivity contribution in [2.75, 3.05) is 11.4 Å². The molecule has 1 N–H and O–H groups in total. The number of pyridine rings is 1. The summed E-state index contributed by atoms with van der Waals surface area (Å²) in [6, 6.07) is 4.37. The summed E-state index contributed by atoms with van der Waals surface area (Å²) < 4.78 is 0. The van der Waals surface area contributed by atoms with Crippen molar-refractivity contribution in [1.29, 1.82) is 0 Å². The molecule has 1 aromatic heterocycles. The summed E-state index contributed by atoms with van der Waals surface area (Å²) in [5, 5.41) is 9.80. The molecule has 0 aromatic carbocycles. The topological polar surface area (TPSA) is 36.4 Å². The van der Waals surface area contributed by atoms with Gasteiger partial charge in [0.05, 0.1) is 17.3 Å². The van der Waals surface area contributed by atoms with Crippen LogP contribution in [0.4, 0.5) is 5.82 Å². The molecule has 2 rings (SSSR count). The van der Waals surface area contributed by atoms with Crippen molar-refractivity contribution in [3.63, 3.8) is 0 Å². The Bertz CT molecular complexity index is 397. The van der Waals surface area contributed by atoms with Crippen molar-refractivity contribution in [2.24, 2.45) is 0 Å². The zero-order chi connectivity index (χ0) is 13.0. The van der Waals surface area contributed by atoms with Crippen LogP contribution in [0.3, 0.4) is 0 Å². The van der Waals surface area contributed by atoms with E-state index in [-0.39, 0.29) is 6.61 Å². The average molecular weight is 269 g/mol. The molecule has 1 unspecified atom stereocenters. The first-order valence-electron chi connectivity index (χ1n) is 6.79. The normalized spacial score (nSPS) is 20.8. The summed E-state index contributed by atoms with van der Waals surface area (Å²) >= 11 is 6.00. The van der Waals surface area contributed by atoms with E-state index in [4.69, 9.17) is 11.6 Å². The Labute approximate surface area is 114 Å². The molecule has 1 aliphatic rings. The maximum absolute atomic E-state index is 9.25. The van der Waals surface area contributed by atoms with Gasteiger partial charge in [-0.2, -0.15) is 0 Å². The van der Waals surface area contributed by atoms with Gasteiger partial charge in [0.15, 0.2) is 0 Å². The molecule has 1 saturated heterocycles. The van der Waals surface area contributed by atoms with Gasteiger partial charge in [0.2, 0.25) is 0 Å². The van der Waals surface area contributed by atoms with Gasteiger partial charge in [0.1, 0.15) is 5.82 Å². The number of nitrogens with zero attached hydrogens (tertiary/aromatic N) is 2. The molecule has 0 saturated carbocycles. The highest BCUT2D eigenvalue weighted by atomic mass is 35.5. The first kappa shape index (κ1) is 13.6. The van der Waals surface area contributed by atoms with Crippen LogP contribution in [0.25, 0.3) is 0 Å². The van der Waals surface area contributed by atoms with Gasteiger partial charge in [-0.25, -0.2) is 4.98 Å². The molecule has 1 aliphatic heterocycles. The molecule has 2 heterocycles. The second-order valence-electron chi connectivity index (χ2n) is 4.86. The summed E-state index contributed by atoms with van der Waals surface area (Å²) in [6.45, 7) is 3.18. The fraction of sp³-hybridized carbons (Fsp3) is 0.643. The van der Waals surface area contributed by atoms with E-state index in [0.717, 1.165) is 18.8 Å². The molecule has 4 heteroatoms. The van der Waals surface area contributed by atoms with Crippen LogP contribution in [0, 0.1) is 0 Å². The van der Waals surface area contributed by atoms with E-state index >= 15 is 0 Å². The highest BCUT2D eigenvalue weighted by Gasteiger charge is 2.21. The second kappa shape index (κ2) is 6.39. The molecule has 0 spiro atoms. The maximum atomic E-state index is 9.25. The van der Waals surface area contributed by atoms with E-state index in [2.05, 4.69) is 16.8 Å². The van der Waals surface area contributed by atoms with Gasteiger partial charge >= 0.3 is 0 Å². The number of hydrogen-bond acceptors (Lipinski definition) is 3. The number of halogens is 1. The lowest BCUT2D eigenvalue weighted by atomic mass is 10.1. The van der Waals surface area contributed by atoms with Crippen molar-refractivity contribution >= 4 is 17.4 Å². The number of aliphatic hydroxyl groups excluding tert-OH is 1. The van der Waals surface area contributed by atoms with Crippen LogP contribution < -0.4 is 4.90 Å². The van der Waals surface area contributed by atoms with Crippen molar-refractivity contribution in [3.05, 3.63) is 22.8 Å². The average Bonchev–Trinajstić information content (AvgIpc) is 2.64. The molecular formula is C14H21ClN2O. The highest BCUT2D eigenvalue weighted by Crippen LogP contribution is 2.26. The van der Waals surface area contributed by atoms with Gasteiger partial charge < -0.3 is 10.0 Å². The monoisotopic (exact) mass is 268 g/mol. The maximum Gasteiger partial charge on any atom is 0.129 e. The summed E-state index contributed by atoms with van der Waals surface area (Å²) in [7, 11) is 0. The third-order valence-electron chi connectivity index (χ3n) is 3.70. The van der Waals surface area contributed by atoms with E-state index in [0.29, 0.717) is 16.8 Å². The van der Waals surface area contributed by atoms with Gasteiger partial charge in [0.25, 0.3) is 0 Å². The number of aromatic nitrogens is 1. The van der Waals surface area contributed by atoms with Crippen LogP contribution in [-0.4, -0.2) is 22.7 Å². The number of rotatable bonds is 3. The zero-order valence-electron chi connectivity index (χ0n) is 10.9. The number of hydrogen-bond donors (Lipinski definition) is 1. The molecule has 1 aromatic rings. The van der Waals surface area contributed by atoms with Gasteiger partial charge in [-0.3, -0.25) is 0 Å². The van der Waals surface area contributed by atoms with Gasteiger partial charge in [-0.05, 0) is 31.4 Å². The van der Waals surface area contributed by atoms with Crippen molar-refractivity contribution in [1.82, 2.24) is 4.98 Å². The number of aliphatic hydroxyl groups is 1. The first-order valence-corrected chi connectivity index (χ1v) is 7.17. The molecule has 0 radical (unpaired) electrons. The van der Waals surface area contributed by atoms with Crippen LogP contribution in [0.1, 0.15) is 44.7 Å². The van der Waals surface area contributed by atoms with Crippen molar-refractivity contribution in [2.45, 2.75) is 51.7 Å². The molecule has 0 amide bonds. The van der Waals surface area contributed by atoms with Crippen molar-refractivity contribution < 1.29 is 5.11 Å². The van der Waals surface area contributed by atoms with Crippen LogP contribution in [0.15, 0.2) is 12.1 Å². The minimum Gasteiger partial charge on any atom is -0.390 e. The highest BCUT2D eigenvalue weighted by molar-refractivity contribution is 6.31. The molecule has 100 valence electrons. The summed E-state index contributed by atoms with van der Waals surface area (Å²) in [6.07, 6.45) is 6.19. The third kappa shape index (κ3) is 2.96. The molecule has 1 fully saturated rings. The third-order valence-corrected chi connectivity index (χ3v) is 4.04. The Hall–Kier alpha value is -0.800. The smallest absolute Gasteiger partial charge is 0.129 e. The lowest BCUT2D eigenvalue weighted by Gasteiger charge is -2.30. The SMILES string of the molecule is CCC1CCCCCN1c1ccc(Cl)c(CO)n1. The predicted molar refractivity (Wildman–Crippen MR) is 75.1 cm³/mol. The lowest BCUT2D eigenvalue weighted by molar-refractivity contribution is 0.277. The standard InChI is InChI=1S/C14H21ClN2O/c1-2-11-6-4-3-5-9-17(11)14-8-7-12(15)13(10-18)16-14/h7-8,11,18H,2-6,9-10H2,1H3. The second-order valence-corrected chi connectivity index (χ2v) is 5.27. The molecule has 3 nitrogen and oxygen atoms in total. The van der Waals surface area contributed by atoms with Crippen LogP contribution in [-0.2, 0) is 6.61 Å². The zero-order valence-corrected chi connectivity index (χ0v) is 11.7. The molecule has 0 bridgehead atoms. The molecule has 0 aliphatic carbocycles. The summed E-state index contributed by atoms with van der Waals surface area (Å²) in [5.74, 6) is 0.956. The lowest BCUT2D eigenvalue weighted by Crippen LogP contribution is -2.35. The summed E-state index contributed by atoms with van der Waals surface area (Å²) in [4.78, 5) is 6.88. The predicted octanol–water partition coefficient (Wildman–Crippen LogP) is 3.39.